The van der Waals surface area contributed by atoms with Gasteiger partial charge in [-0.1, -0.05) is 20.8 Å². The number of carbonyl (C=O) groups is 1. The van der Waals surface area contributed by atoms with Gasteiger partial charge in [-0.3, -0.25) is 4.79 Å². The number of rotatable bonds is 4. The molecule has 0 aromatic carbocycles. The van der Waals surface area contributed by atoms with Crippen molar-refractivity contribution in [1.29, 1.82) is 0 Å². The zero-order chi connectivity index (χ0) is 13.9. The van der Waals surface area contributed by atoms with E-state index in [9.17, 15) is 4.79 Å². The highest BCUT2D eigenvalue weighted by Crippen LogP contribution is 2.15. The number of hydrogen-bond donors (Lipinski definition) is 1. The van der Waals surface area contributed by atoms with Gasteiger partial charge in [0.25, 0.3) is 0 Å². The average molecular weight is 278 g/mol. The number of aromatic nitrogens is 3. The molecule has 2 rings (SSSR count). The maximum absolute atomic E-state index is 11.7. The van der Waals surface area contributed by atoms with Crippen molar-refractivity contribution in [3.63, 3.8) is 0 Å². The minimum atomic E-state index is -0.345. The quantitative estimate of drug-likeness (QED) is 0.931. The molecule has 0 bridgehead atoms. The molecule has 0 aliphatic heterocycles. The summed E-state index contributed by atoms with van der Waals surface area (Å²) in [5, 5.41) is 9.90. The molecule has 19 heavy (non-hydrogen) atoms. The number of thiazole rings is 1. The molecule has 0 spiro atoms. The maximum atomic E-state index is 11.7. The molecule has 0 fully saturated rings. The summed E-state index contributed by atoms with van der Waals surface area (Å²) in [5.41, 5.74) is 0.632. The lowest BCUT2D eigenvalue weighted by atomic mass is 9.96. The fourth-order valence-electron chi connectivity index (χ4n) is 1.47. The maximum Gasteiger partial charge on any atom is 0.225 e. The Morgan fingerprint density at radius 3 is 2.89 bits per heavy atom. The first-order valence-corrected chi connectivity index (χ1v) is 7.07. The molecule has 2 heterocycles. The lowest BCUT2D eigenvalue weighted by molar-refractivity contribution is -0.128. The van der Waals surface area contributed by atoms with Crippen LogP contribution in [-0.2, 0) is 11.2 Å². The molecule has 102 valence electrons. The lowest BCUT2D eigenvalue weighted by Crippen LogP contribution is -2.35. The molecule has 0 unspecified atom stereocenters. The second-order valence-corrected chi connectivity index (χ2v) is 6.16. The van der Waals surface area contributed by atoms with Crippen molar-refractivity contribution in [1.82, 2.24) is 20.1 Å². The standard InChI is InChI=1S/C13H18N4OS/c1-13(2,3)11(18)14-7-5-10-9-19-12(16-10)17-8-4-6-15-17/h4,6,8-9H,5,7H2,1-3H3,(H,14,18). The molecule has 0 atom stereocenters. The Morgan fingerprint density at radius 1 is 1.47 bits per heavy atom. The van der Waals surface area contributed by atoms with Crippen LogP contribution in [-0.4, -0.2) is 27.2 Å². The molecule has 0 saturated heterocycles. The van der Waals surface area contributed by atoms with Crippen molar-refractivity contribution >= 4 is 17.2 Å². The number of amides is 1. The van der Waals surface area contributed by atoms with Crippen molar-refractivity contribution in [2.75, 3.05) is 6.54 Å². The molecule has 2 aromatic rings. The topological polar surface area (TPSA) is 59.8 Å². The van der Waals surface area contributed by atoms with Crippen molar-refractivity contribution in [3.8, 4) is 5.13 Å². The summed E-state index contributed by atoms with van der Waals surface area (Å²) in [7, 11) is 0. The first-order valence-electron chi connectivity index (χ1n) is 6.19. The highest BCUT2D eigenvalue weighted by Gasteiger charge is 2.20. The Bertz CT molecular complexity index is 539. The highest BCUT2D eigenvalue weighted by molar-refractivity contribution is 7.12. The van der Waals surface area contributed by atoms with Crippen molar-refractivity contribution in [3.05, 3.63) is 29.5 Å². The van der Waals surface area contributed by atoms with Crippen molar-refractivity contribution in [2.45, 2.75) is 27.2 Å². The van der Waals surface area contributed by atoms with Crippen LogP contribution in [0.2, 0.25) is 0 Å². The van der Waals surface area contributed by atoms with E-state index < -0.39 is 0 Å². The number of nitrogens with one attached hydrogen (secondary N) is 1. The summed E-state index contributed by atoms with van der Waals surface area (Å²) >= 11 is 1.55. The molecule has 1 N–H and O–H groups in total. The van der Waals surface area contributed by atoms with E-state index in [1.54, 1.807) is 22.2 Å². The SMILES string of the molecule is CC(C)(C)C(=O)NCCc1csc(-n2cccn2)n1. The van der Waals surface area contributed by atoms with Gasteiger partial charge in [0.2, 0.25) is 11.0 Å². The summed E-state index contributed by atoms with van der Waals surface area (Å²) < 4.78 is 1.74. The Labute approximate surface area is 116 Å². The predicted octanol–water partition coefficient (Wildman–Crippen LogP) is 2.03. The Hall–Kier alpha value is -1.69. The number of hydrogen-bond acceptors (Lipinski definition) is 4. The first kappa shape index (κ1) is 13.7. The summed E-state index contributed by atoms with van der Waals surface area (Å²) in [5.74, 6) is 0.0648. The summed E-state index contributed by atoms with van der Waals surface area (Å²) in [4.78, 5) is 16.2. The monoisotopic (exact) mass is 278 g/mol. The van der Waals surface area contributed by atoms with Crippen LogP contribution >= 0.6 is 11.3 Å². The van der Waals surface area contributed by atoms with Crippen LogP contribution in [0, 0.1) is 5.41 Å². The van der Waals surface area contributed by atoms with E-state index in [-0.39, 0.29) is 11.3 Å². The highest BCUT2D eigenvalue weighted by atomic mass is 32.1. The van der Waals surface area contributed by atoms with Gasteiger partial charge in [-0.2, -0.15) is 5.10 Å². The lowest BCUT2D eigenvalue weighted by Gasteiger charge is -2.17. The molecule has 0 aliphatic rings. The third-order valence-corrected chi connectivity index (χ3v) is 3.47. The Morgan fingerprint density at radius 2 is 2.26 bits per heavy atom. The van der Waals surface area contributed by atoms with Gasteiger partial charge in [0.05, 0.1) is 5.69 Å². The van der Waals surface area contributed by atoms with Crippen molar-refractivity contribution in [2.24, 2.45) is 5.41 Å². The van der Waals surface area contributed by atoms with Gasteiger partial charge in [0.15, 0.2) is 0 Å². The average Bonchev–Trinajstić information content (AvgIpc) is 2.97. The normalized spacial score (nSPS) is 11.5. The molecular weight excluding hydrogens is 260 g/mol. The van der Waals surface area contributed by atoms with E-state index in [1.165, 1.54) is 0 Å². The molecule has 6 heteroatoms. The second kappa shape index (κ2) is 5.52. The Kier molecular flexibility index (Phi) is 3.99. The smallest absolute Gasteiger partial charge is 0.225 e. The van der Waals surface area contributed by atoms with Crippen molar-refractivity contribution < 1.29 is 4.79 Å². The van der Waals surface area contributed by atoms with E-state index in [0.29, 0.717) is 6.54 Å². The van der Waals surface area contributed by atoms with Crippen LogP contribution in [0.3, 0.4) is 0 Å². The third kappa shape index (κ3) is 3.64. The fourth-order valence-corrected chi connectivity index (χ4v) is 2.27. The van der Waals surface area contributed by atoms with Crippen LogP contribution in [0.1, 0.15) is 26.5 Å². The van der Waals surface area contributed by atoms with Crippen LogP contribution in [0.5, 0.6) is 0 Å². The summed E-state index contributed by atoms with van der Waals surface area (Å²) in [6, 6.07) is 1.87. The second-order valence-electron chi connectivity index (χ2n) is 5.33. The van der Waals surface area contributed by atoms with Gasteiger partial charge in [-0.05, 0) is 6.07 Å². The van der Waals surface area contributed by atoms with E-state index in [2.05, 4.69) is 15.4 Å². The van der Waals surface area contributed by atoms with E-state index in [1.807, 2.05) is 38.4 Å². The van der Waals surface area contributed by atoms with Gasteiger partial charge in [0.1, 0.15) is 0 Å². The molecule has 0 radical (unpaired) electrons. The zero-order valence-electron chi connectivity index (χ0n) is 11.4. The third-order valence-electron chi connectivity index (χ3n) is 2.59. The predicted molar refractivity (Wildman–Crippen MR) is 75.4 cm³/mol. The first-order chi connectivity index (χ1) is 8.97. The molecule has 2 aromatic heterocycles. The Balaban J connectivity index is 1.86. The molecular formula is C13H18N4OS. The fraction of sp³-hybridized carbons (Fsp3) is 0.462. The molecule has 0 saturated carbocycles. The van der Waals surface area contributed by atoms with E-state index in [4.69, 9.17) is 0 Å². The zero-order valence-corrected chi connectivity index (χ0v) is 12.2. The largest absolute Gasteiger partial charge is 0.355 e. The number of carbonyl (C=O) groups excluding carboxylic acids is 1. The van der Waals surface area contributed by atoms with Crippen LogP contribution in [0.15, 0.2) is 23.8 Å². The molecule has 1 amide bonds. The van der Waals surface area contributed by atoms with E-state index >= 15 is 0 Å². The van der Waals surface area contributed by atoms with Gasteiger partial charge in [-0.15, -0.1) is 11.3 Å². The van der Waals surface area contributed by atoms with Gasteiger partial charge in [-0.25, -0.2) is 9.67 Å². The van der Waals surface area contributed by atoms with Gasteiger partial charge in [0, 0.05) is 36.2 Å². The van der Waals surface area contributed by atoms with Crippen LogP contribution in [0.4, 0.5) is 0 Å². The number of nitrogens with zero attached hydrogens (tertiary/aromatic N) is 3. The van der Waals surface area contributed by atoms with Gasteiger partial charge < -0.3 is 5.32 Å². The minimum absolute atomic E-state index is 0.0648. The molecule has 0 aliphatic carbocycles. The molecule has 5 nitrogen and oxygen atoms in total. The van der Waals surface area contributed by atoms with E-state index in [0.717, 1.165) is 17.2 Å². The van der Waals surface area contributed by atoms with Crippen LogP contribution < -0.4 is 5.32 Å². The minimum Gasteiger partial charge on any atom is -0.355 e. The summed E-state index contributed by atoms with van der Waals surface area (Å²) in [6.07, 6.45) is 4.33. The van der Waals surface area contributed by atoms with Crippen LogP contribution in [0.25, 0.3) is 5.13 Å². The van der Waals surface area contributed by atoms with Gasteiger partial charge >= 0.3 is 0 Å². The summed E-state index contributed by atoms with van der Waals surface area (Å²) in [6.45, 7) is 6.32.